The molecule has 0 saturated heterocycles. The average molecular weight is 344 g/mol. The van der Waals surface area contributed by atoms with Crippen LogP contribution in [-0.2, 0) is 17.6 Å². The molecule has 1 aromatic heterocycles. The van der Waals surface area contributed by atoms with Crippen molar-refractivity contribution in [3.8, 4) is 5.75 Å². The highest BCUT2D eigenvalue weighted by atomic mass is 35.5. The van der Waals surface area contributed by atoms with Crippen molar-refractivity contribution in [1.82, 2.24) is 5.32 Å². The molecule has 0 spiro atoms. The summed E-state index contributed by atoms with van der Waals surface area (Å²) in [5, 5.41) is 4.58. The molecule has 5 heteroatoms. The fourth-order valence-corrected chi connectivity index (χ4v) is 2.69. The van der Waals surface area contributed by atoms with Gasteiger partial charge in [0, 0.05) is 28.6 Å². The van der Waals surface area contributed by atoms with E-state index in [9.17, 15) is 4.79 Å². The van der Waals surface area contributed by atoms with Gasteiger partial charge in [-0.3, -0.25) is 4.79 Å². The highest BCUT2D eigenvalue weighted by Gasteiger charge is 2.11. The van der Waals surface area contributed by atoms with Gasteiger partial charge < -0.3 is 14.5 Å². The van der Waals surface area contributed by atoms with Crippen molar-refractivity contribution in [3.63, 3.8) is 0 Å². The molecule has 0 radical (unpaired) electrons. The molecule has 24 heavy (non-hydrogen) atoms. The van der Waals surface area contributed by atoms with E-state index in [1.54, 1.807) is 13.4 Å². The second-order valence-corrected chi connectivity index (χ2v) is 5.96. The van der Waals surface area contributed by atoms with Crippen LogP contribution in [0, 0.1) is 0 Å². The number of carbonyl (C=O) groups excluding carboxylic acids is 1. The largest absolute Gasteiger partial charge is 0.497 e. The molecule has 1 N–H and O–H groups in total. The SMILES string of the molecule is COc1ccc2c(CC(=O)NCCc3ccc(Cl)cc3)coc2c1. The monoisotopic (exact) mass is 343 g/mol. The van der Waals surface area contributed by atoms with Gasteiger partial charge in [0.1, 0.15) is 11.3 Å². The first-order valence-corrected chi connectivity index (χ1v) is 8.09. The van der Waals surface area contributed by atoms with Crippen molar-refractivity contribution in [3.05, 3.63) is 64.9 Å². The Morgan fingerprint density at radius 2 is 2.00 bits per heavy atom. The van der Waals surface area contributed by atoms with E-state index in [4.69, 9.17) is 20.8 Å². The van der Waals surface area contributed by atoms with Gasteiger partial charge in [0.2, 0.25) is 5.91 Å². The number of amides is 1. The number of methoxy groups -OCH3 is 1. The molecule has 0 aliphatic carbocycles. The molecular weight excluding hydrogens is 326 g/mol. The van der Waals surface area contributed by atoms with Crippen molar-refractivity contribution >= 4 is 28.5 Å². The van der Waals surface area contributed by atoms with Crippen LogP contribution >= 0.6 is 11.6 Å². The molecular formula is C19H18ClNO3. The van der Waals surface area contributed by atoms with E-state index in [0.29, 0.717) is 18.0 Å². The van der Waals surface area contributed by atoms with Crippen LogP contribution in [0.5, 0.6) is 5.75 Å². The molecule has 4 nitrogen and oxygen atoms in total. The molecule has 0 aliphatic rings. The van der Waals surface area contributed by atoms with E-state index < -0.39 is 0 Å². The quantitative estimate of drug-likeness (QED) is 0.736. The predicted octanol–water partition coefficient (Wildman–Crippen LogP) is 4.00. The van der Waals surface area contributed by atoms with E-state index in [2.05, 4.69) is 5.32 Å². The number of carbonyl (C=O) groups is 1. The van der Waals surface area contributed by atoms with Gasteiger partial charge in [-0.25, -0.2) is 0 Å². The Hall–Kier alpha value is -2.46. The van der Waals surface area contributed by atoms with Gasteiger partial charge in [-0.1, -0.05) is 23.7 Å². The third-order valence-corrected chi connectivity index (χ3v) is 4.11. The third-order valence-electron chi connectivity index (χ3n) is 3.86. The third kappa shape index (κ3) is 3.89. The Labute approximate surface area is 145 Å². The van der Waals surface area contributed by atoms with E-state index in [1.165, 1.54) is 0 Å². The Balaban J connectivity index is 1.56. The summed E-state index contributed by atoms with van der Waals surface area (Å²) in [6, 6.07) is 13.2. The number of hydrogen-bond acceptors (Lipinski definition) is 3. The minimum absolute atomic E-state index is 0.0255. The lowest BCUT2D eigenvalue weighted by atomic mass is 10.1. The maximum Gasteiger partial charge on any atom is 0.224 e. The summed E-state index contributed by atoms with van der Waals surface area (Å²) in [5.74, 6) is 0.707. The molecule has 124 valence electrons. The van der Waals surface area contributed by atoms with Gasteiger partial charge in [-0.2, -0.15) is 0 Å². The first kappa shape index (κ1) is 16.4. The maximum absolute atomic E-state index is 12.1. The van der Waals surface area contributed by atoms with Gasteiger partial charge in [-0.05, 0) is 36.2 Å². The van der Waals surface area contributed by atoms with Gasteiger partial charge in [-0.15, -0.1) is 0 Å². The topological polar surface area (TPSA) is 51.5 Å². The molecule has 0 atom stereocenters. The van der Waals surface area contributed by atoms with Crippen molar-refractivity contribution in [2.24, 2.45) is 0 Å². The lowest BCUT2D eigenvalue weighted by Crippen LogP contribution is -2.27. The lowest BCUT2D eigenvalue weighted by molar-refractivity contribution is -0.120. The van der Waals surface area contributed by atoms with Gasteiger partial charge in [0.15, 0.2) is 0 Å². The van der Waals surface area contributed by atoms with Crippen LogP contribution in [0.25, 0.3) is 11.0 Å². The van der Waals surface area contributed by atoms with E-state index in [1.807, 2.05) is 42.5 Å². The van der Waals surface area contributed by atoms with Crippen LogP contribution in [0.3, 0.4) is 0 Å². The molecule has 0 aliphatic heterocycles. The number of hydrogen-bond donors (Lipinski definition) is 1. The first-order valence-electron chi connectivity index (χ1n) is 7.71. The molecule has 0 fully saturated rings. The second kappa shape index (κ2) is 7.41. The number of furan rings is 1. The standard InChI is InChI=1S/C19H18ClNO3/c1-23-16-6-7-17-14(12-24-18(17)11-16)10-19(22)21-9-8-13-2-4-15(20)5-3-13/h2-7,11-12H,8-10H2,1H3,(H,21,22). The Morgan fingerprint density at radius 3 is 2.75 bits per heavy atom. The van der Waals surface area contributed by atoms with Crippen LogP contribution < -0.4 is 10.1 Å². The Morgan fingerprint density at radius 1 is 1.21 bits per heavy atom. The van der Waals surface area contributed by atoms with Crippen molar-refractivity contribution < 1.29 is 13.9 Å². The van der Waals surface area contributed by atoms with Gasteiger partial charge in [0.25, 0.3) is 0 Å². The maximum atomic E-state index is 12.1. The second-order valence-electron chi connectivity index (χ2n) is 5.53. The van der Waals surface area contributed by atoms with Crippen molar-refractivity contribution in [2.75, 3.05) is 13.7 Å². The van der Waals surface area contributed by atoms with E-state index in [0.717, 1.165) is 34.3 Å². The molecule has 3 aromatic rings. The molecule has 1 heterocycles. The molecule has 0 unspecified atom stereocenters. The fourth-order valence-electron chi connectivity index (χ4n) is 2.56. The Bertz CT molecular complexity index is 839. The van der Waals surface area contributed by atoms with Crippen LogP contribution in [0.4, 0.5) is 0 Å². The zero-order valence-electron chi connectivity index (χ0n) is 13.3. The molecule has 1 amide bonds. The van der Waals surface area contributed by atoms with Crippen molar-refractivity contribution in [1.29, 1.82) is 0 Å². The zero-order chi connectivity index (χ0) is 16.9. The van der Waals surface area contributed by atoms with E-state index in [-0.39, 0.29) is 5.91 Å². The number of ether oxygens (including phenoxy) is 1. The molecule has 0 saturated carbocycles. The number of benzene rings is 2. The smallest absolute Gasteiger partial charge is 0.224 e. The summed E-state index contributed by atoms with van der Waals surface area (Å²) in [6.45, 7) is 0.587. The Kier molecular flexibility index (Phi) is 5.06. The highest BCUT2D eigenvalue weighted by Crippen LogP contribution is 2.25. The van der Waals surface area contributed by atoms with Crippen LogP contribution in [0.2, 0.25) is 5.02 Å². The van der Waals surface area contributed by atoms with Crippen LogP contribution in [0.1, 0.15) is 11.1 Å². The number of halogens is 1. The predicted molar refractivity (Wildman–Crippen MR) is 94.6 cm³/mol. The lowest BCUT2D eigenvalue weighted by Gasteiger charge is -2.05. The molecule has 2 aromatic carbocycles. The van der Waals surface area contributed by atoms with Crippen LogP contribution in [0.15, 0.2) is 53.1 Å². The minimum atomic E-state index is -0.0255. The highest BCUT2D eigenvalue weighted by molar-refractivity contribution is 6.30. The normalized spacial score (nSPS) is 10.8. The summed E-state index contributed by atoms with van der Waals surface area (Å²) in [5.41, 5.74) is 2.73. The van der Waals surface area contributed by atoms with E-state index >= 15 is 0 Å². The summed E-state index contributed by atoms with van der Waals surface area (Å²) in [7, 11) is 1.61. The number of fused-ring (bicyclic) bond motifs is 1. The summed E-state index contributed by atoms with van der Waals surface area (Å²) >= 11 is 5.86. The van der Waals surface area contributed by atoms with Gasteiger partial charge >= 0.3 is 0 Å². The zero-order valence-corrected chi connectivity index (χ0v) is 14.1. The van der Waals surface area contributed by atoms with Gasteiger partial charge in [0.05, 0.1) is 19.8 Å². The number of nitrogens with one attached hydrogen (secondary N) is 1. The van der Waals surface area contributed by atoms with Crippen molar-refractivity contribution in [2.45, 2.75) is 12.8 Å². The van der Waals surface area contributed by atoms with Crippen LogP contribution in [-0.4, -0.2) is 19.6 Å². The molecule has 0 bridgehead atoms. The minimum Gasteiger partial charge on any atom is -0.497 e. The fraction of sp³-hybridized carbons (Fsp3) is 0.211. The summed E-state index contributed by atoms with van der Waals surface area (Å²) < 4.78 is 10.7. The summed E-state index contributed by atoms with van der Waals surface area (Å²) in [4.78, 5) is 12.1. The molecule has 3 rings (SSSR count). The first-order chi connectivity index (χ1) is 11.7. The number of rotatable bonds is 6. The summed E-state index contributed by atoms with van der Waals surface area (Å²) in [6.07, 6.45) is 2.69. The average Bonchev–Trinajstić information content (AvgIpc) is 2.98.